The fraction of sp³-hybridized carbons (Fsp3) is 0.474. The van der Waals surface area contributed by atoms with Crippen LogP contribution in [0.25, 0.3) is 11.3 Å². The van der Waals surface area contributed by atoms with Gasteiger partial charge in [0.25, 0.3) is 0 Å². The maximum atomic E-state index is 13.1. The summed E-state index contributed by atoms with van der Waals surface area (Å²) < 4.78 is 45.8. The Hall–Kier alpha value is -2.02. The molecule has 0 aliphatic heterocycles. The third kappa shape index (κ3) is 4.46. The summed E-state index contributed by atoms with van der Waals surface area (Å²) in [4.78, 5) is 12.0. The number of carbonyl (C=O) groups excluding carboxylic acids is 1. The van der Waals surface area contributed by atoms with Gasteiger partial charge in [-0.25, -0.2) is 4.79 Å². The van der Waals surface area contributed by atoms with Crippen molar-refractivity contribution in [3.05, 3.63) is 40.5 Å². The number of halogens is 4. The topological polar surface area (TPSA) is 44.1 Å². The normalized spacial score (nSPS) is 12.3. The van der Waals surface area contributed by atoms with Crippen molar-refractivity contribution in [2.75, 3.05) is 6.61 Å². The lowest BCUT2D eigenvalue weighted by Gasteiger charge is -2.27. The third-order valence-electron chi connectivity index (χ3n) is 4.30. The van der Waals surface area contributed by atoms with E-state index in [1.165, 1.54) is 13.8 Å². The molecule has 0 amide bonds. The summed E-state index contributed by atoms with van der Waals surface area (Å²) in [7, 11) is 0. The van der Waals surface area contributed by atoms with Crippen LogP contribution in [0.15, 0.2) is 24.3 Å². The van der Waals surface area contributed by atoms with Gasteiger partial charge < -0.3 is 4.74 Å². The Morgan fingerprint density at radius 1 is 1.19 bits per heavy atom. The third-order valence-corrected chi connectivity index (χ3v) is 4.66. The van der Waals surface area contributed by atoms with Crippen LogP contribution in [-0.2, 0) is 17.7 Å². The van der Waals surface area contributed by atoms with Gasteiger partial charge in [0.05, 0.1) is 17.7 Å². The predicted octanol–water partition coefficient (Wildman–Crippen LogP) is 5.53. The van der Waals surface area contributed by atoms with Crippen LogP contribution in [0.2, 0.25) is 5.02 Å². The van der Waals surface area contributed by atoms with Gasteiger partial charge in [0.1, 0.15) is 5.02 Å². The van der Waals surface area contributed by atoms with Crippen LogP contribution in [0.4, 0.5) is 13.2 Å². The van der Waals surface area contributed by atoms with E-state index in [2.05, 4.69) is 5.10 Å². The minimum Gasteiger partial charge on any atom is -0.461 e. The minimum absolute atomic E-state index is 0.0256. The van der Waals surface area contributed by atoms with Gasteiger partial charge in [0.15, 0.2) is 5.69 Å². The van der Waals surface area contributed by atoms with Gasteiger partial charge in [-0.1, -0.05) is 49.7 Å². The van der Waals surface area contributed by atoms with Crippen LogP contribution in [0, 0.1) is 5.41 Å². The fourth-order valence-electron chi connectivity index (χ4n) is 2.67. The van der Waals surface area contributed by atoms with E-state index in [1.54, 1.807) is 35.9 Å². The second-order valence-electron chi connectivity index (χ2n) is 6.80. The first-order valence-corrected chi connectivity index (χ1v) is 8.99. The number of hydrogen-bond donors (Lipinski definition) is 0. The number of aromatic nitrogens is 2. The summed E-state index contributed by atoms with van der Waals surface area (Å²) in [5, 5.41) is 4.36. The van der Waals surface area contributed by atoms with Crippen LogP contribution in [0.3, 0.4) is 0 Å². The van der Waals surface area contributed by atoms with Crippen molar-refractivity contribution < 1.29 is 22.7 Å². The number of alkyl halides is 3. The maximum Gasteiger partial charge on any atom is 0.394 e. The second-order valence-corrected chi connectivity index (χ2v) is 7.18. The van der Waals surface area contributed by atoms with E-state index < -0.39 is 17.6 Å². The van der Waals surface area contributed by atoms with Crippen LogP contribution in [0.5, 0.6) is 0 Å². The van der Waals surface area contributed by atoms with E-state index in [-0.39, 0.29) is 23.7 Å². The number of carbonyl (C=O) groups is 1. The molecule has 0 saturated heterocycles. The average Bonchev–Trinajstić information content (AvgIpc) is 2.91. The lowest BCUT2D eigenvalue weighted by Crippen LogP contribution is -2.34. The standard InChI is InChI=1S/C19H22ClF3N2O2/c1-5-25-16(14(20)15(24-25)17(26)27-6-2)13-9-7-12(8-10-13)11-18(3,4)19(21,22)23/h7-10H,5-6,11H2,1-4H3. The Morgan fingerprint density at radius 2 is 1.78 bits per heavy atom. The predicted molar refractivity (Wildman–Crippen MR) is 97.8 cm³/mol. The molecular formula is C19H22ClF3N2O2. The molecule has 27 heavy (non-hydrogen) atoms. The number of aryl methyl sites for hydroxylation is 1. The SMILES string of the molecule is CCOC(=O)c1nn(CC)c(-c2ccc(CC(C)(C)C(F)(F)F)cc2)c1Cl. The molecule has 0 atom stereocenters. The number of hydrogen-bond acceptors (Lipinski definition) is 3. The lowest BCUT2D eigenvalue weighted by atomic mass is 9.85. The summed E-state index contributed by atoms with van der Waals surface area (Å²) >= 11 is 6.35. The highest BCUT2D eigenvalue weighted by Gasteiger charge is 2.46. The Morgan fingerprint density at radius 3 is 2.26 bits per heavy atom. The van der Waals surface area contributed by atoms with Gasteiger partial charge >= 0.3 is 12.1 Å². The highest BCUT2D eigenvalue weighted by Crippen LogP contribution is 2.40. The summed E-state index contributed by atoms with van der Waals surface area (Å²) in [6, 6.07) is 6.64. The Kier molecular flexibility index (Phi) is 6.24. The van der Waals surface area contributed by atoms with Gasteiger partial charge in [-0.15, -0.1) is 0 Å². The molecule has 0 saturated carbocycles. The lowest BCUT2D eigenvalue weighted by molar-refractivity contribution is -0.211. The molecule has 2 aromatic rings. The van der Waals surface area contributed by atoms with Crippen LogP contribution >= 0.6 is 11.6 Å². The molecule has 0 aliphatic carbocycles. The molecule has 0 aliphatic rings. The van der Waals surface area contributed by atoms with Crippen LogP contribution in [-0.4, -0.2) is 28.5 Å². The van der Waals surface area contributed by atoms with Crippen molar-refractivity contribution in [3.8, 4) is 11.3 Å². The molecule has 0 N–H and O–H groups in total. The zero-order valence-corrected chi connectivity index (χ0v) is 16.4. The first-order valence-electron chi connectivity index (χ1n) is 8.61. The molecule has 0 fully saturated rings. The smallest absolute Gasteiger partial charge is 0.394 e. The maximum absolute atomic E-state index is 13.1. The van der Waals surface area contributed by atoms with Crippen molar-refractivity contribution in [1.29, 1.82) is 0 Å². The molecule has 0 radical (unpaired) electrons. The van der Waals surface area contributed by atoms with Crippen LogP contribution < -0.4 is 0 Å². The molecule has 2 rings (SSSR count). The minimum atomic E-state index is -4.29. The van der Waals surface area contributed by atoms with E-state index in [9.17, 15) is 18.0 Å². The van der Waals surface area contributed by atoms with E-state index >= 15 is 0 Å². The number of nitrogens with zero attached hydrogens (tertiary/aromatic N) is 2. The average molecular weight is 403 g/mol. The summed E-state index contributed by atoms with van der Waals surface area (Å²) in [5.41, 5.74) is -0.0422. The van der Waals surface area contributed by atoms with Gasteiger partial charge in [0.2, 0.25) is 0 Å². The monoisotopic (exact) mass is 402 g/mol. The highest BCUT2D eigenvalue weighted by atomic mass is 35.5. The first kappa shape index (κ1) is 21.3. The molecule has 1 aromatic carbocycles. The fourth-order valence-corrected chi connectivity index (χ4v) is 2.99. The Bertz CT molecular complexity index is 812. The van der Waals surface area contributed by atoms with E-state index in [4.69, 9.17) is 16.3 Å². The second kappa shape index (κ2) is 7.92. The van der Waals surface area contributed by atoms with Gasteiger partial charge in [-0.3, -0.25) is 4.68 Å². The quantitative estimate of drug-likeness (QED) is 0.596. The van der Waals surface area contributed by atoms with Gasteiger partial charge in [-0.05, 0) is 25.8 Å². The summed E-state index contributed by atoms with van der Waals surface area (Å²) in [6.45, 7) is 6.56. The number of ether oxygens (including phenoxy) is 1. The zero-order chi connectivity index (χ0) is 20.4. The molecule has 1 aromatic heterocycles. The summed E-state index contributed by atoms with van der Waals surface area (Å²) in [5.74, 6) is -0.612. The Balaban J connectivity index is 2.36. The number of benzene rings is 1. The van der Waals surface area contributed by atoms with Crippen molar-refractivity contribution in [1.82, 2.24) is 9.78 Å². The van der Waals surface area contributed by atoms with Crippen molar-refractivity contribution >= 4 is 17.6 Å². The van der Waals surface area contributed by atoms with Crippen molar-refractivity contribution in [2.24, 2.45) is 5.41 Å². The van der Waals surface area contributed by atoms with Gasteiger partial charge in [-0.2, -0.15) is 18.3 Å². The molecule has 1 heterocycles. The van der Waals surface area contributed by atoms with Crippen molar-refractivity contribution in [2.45, 2.75) is 46.8 Å². The molecule has 4 nitrogen and oxygen atoms in total. The molecule has 0 bridgehead atoms. The largest absolute Gasteiger partial charge is 0.461 e. The van der Waals surface area contributed by atoms with E-state index in [0.717, 1.165) is 0 Å². The first-order chi connectivity index (χ1) is 12.5. The van der Waals surface area contributed by atoms with E-state index in [0.29, 0.717) is 23.4 Å². The molecule has 8 heteroatoms. The van der Waals surface area contributed by atoms with E-state index in [1.807, 2.05) is 6.92 Å². The highest BCUT2D eigenvalue weighted by molar-refractivity contribution is 6.35. The molecular weight excluding hydrogens is 381 g/mol. The molecule has 0 spiro atoms. The Labute approximate surface area is 161 Å². The van der Waals surface area contributed by atoms with Gasteiger partial charge in [0, 0.05) is 12.1 Å². The molecule has 0 unspecified atom stereocenters. The molecule has 148 valence electrons. The van der Waals surface area contributed by atoms with Crippen LogP contribution in [0.1, 0.15) is 43.7 Å². The zero-order valence-electron chi connectivity index (χ0n) is 15.7. The number of esters is 1. The summed E-state index contributed by atoms with van der Waals surface area (Å²) in [6.07, 6.45) is -4.42. The van der Waals surface area contributed by atoms with Crippen molar-refractivity contribution in [3.63, 3.8) is 0 Å². The number of rotatable bonds is 6.